The van der Waals surface area contributed by atoms with Crippen LogP contribution in [0.2, 0.25) is 0 Å². The molecule has 4 nitrogen and oxygen atoms in total. The minimum absolute atomic E-state index is 0.297. The van der Waals surface area contributed by atoms with E-state index in [1.165, 1.54) is 4.90 Å². The van der Waals surface area contributed by atoms with Gasteiger partial charge in [-0.3, -0.25) is 9.59 Å². The predicted octanol–water partition coefficient (Wildman–Crippen LogP) is 2.39. The van der Waals surface area contributed by atoms with Crippen LogP contribution in [0.5, 0.6) is 0 Å². The average Bonchev–Trinajstić information content (AvgIpc) is 2.87. The van der Waals surface area contributed by atoms with Crippen LogP contribution in [0, 0.1) is 0 Å². The maximum Gasteiger partial charge on any atom is 0.295 e. The van der Waals surface area contributed by atoms with Crippen molar-refractivity contribution in [2.75, 3.05) is 6.54 Å². The molecule has 0 aliphatic carbocycles. The summed E-state index contributed by atoms with van der Waals surface area (Å²) in [5.74, 6) is -1.05. The number of carbonyl (C=O) groups is 2. The molecular weight excluding hydrogens is 322 g/mol. The minimum atomic E-state index is -0.994. The second kappa shape index (κ2) is 5.66. The molecule has 1 saturated heterocycles. The summed E-state index contributed by atoms with van der Waals surface area (Å²) in [6.45, 7) is 3.87. The highest BCUT2D eigenvalue weighted by atomic mass is 79.9. The van der Waals surface area contributed by atoms with Gasteiger partial charge in [-0.05, 0) is 51.0 Å². The van der Waals surface area contributed by atoms with E-state index >= 15 is 0 Å². The van der Waals surface area contributed by atoms with Crippen molar-refractivity contribution < 1.29 is 14.7 Å². The fourth-order valence-corrected chi connectivity index (χ4v) is 2.86. The van der Waals surface area contributed by atoms with E-state index < -0.39 is 17.3 Å². The zero-order valence-corrected chi connectivity index (χ0v) is 13.2. The molecule has 1 unspecified atom stereocenters. The topological polar surface area (TPSA) is 57.6 Å². The lowest BCUT2D eigenvalue weighted by molar-refractivity contribution is -0.131. The zero-order chi connectivity index (χ0) is 14.9. The number of amides is 1. The normalized spacial score (nSPS) is 19.2. The Morgan fingerprint density at radius 2 is 1.90 bits per heavy atom. The first-order valence-corrected chi connectivity index (χ1v) is 7.43. The number of Topliss-reactive ketones (excluding diaryl/α,β-unsaturated/α-hetero) is 1. The van der Waals surface area contributed by atoms with Crippen LogP contribution in [0.25, 0.3) is 0 Å². The summed E-state index contributed by atoms with van der Waals surface area (Å²) in [6, 6.07) is 6.42. The third kappa shape index (κ3) is 3.10. The number of rotatable bonds is 3. The second-order valence-electron chi connectivity index (χ2n) is 5.65. The maximum atomic E-state index is 12.3. The Kier molecular flexibility index (Phi) is 4.30. The van der Waals surface area contributed by atoms with Gasteiger partial charge in [-0.25, -0.2) is 0 Å². The summed E-state index contributed by atoms with van der Waals surface area (Å²) in [6.07, 6.45) is 1.54. The van der Waals surface area contributed by atoms with Crippen LogP contribution in [0.4, 0.5) is 0 Å². The minimum Gasteiger partial charge on any atom is -0.388 e. The molecule has 0 spiro atoms. The van der Waals surface area contributed by atoms with Crippen molar-refractivity contribution in [2.45, 2.75) is 38.3 Å². The van der Waals surface area contributed by atoms with Crippen LogP contribution in [0.1, 0.15) is 37.0 Å². The first-order valence-electron chi connectivity index (χ1n) is 6.64. The van der Waals surface area contributed by atoms with Gasteiger partial charge in [0, 0.05) is 16.6 Å². The molecule has 0 radical (unpaired) electrons. The monoisotopic (exact) mass is 339 g/mol. The molecule has 0 aromatic heterocycles. The van der Waals surface area contributed by atoms with Crippen LogP contribution in [-0.4, -0.2) is 39.9 Å². The molecule has 1 amide bonds. The highest BCUT2D eigenvalue weighted by Crippen LogP contribution is 2.27. The lowest BCUT2D eigenvalue weighted by Gasteiger charge is -2.33. The number of carbonyl (C=O) groups excluding carboxylic acids is 2. The molecule has 1 heterocycles. The Morgan fingerprint density at radius 3 is 2.45 bits per heavy atom. The Hall–Kier alpha value is -1.20. The van der Waals surface area contributed by atoms with Crippen LogP contribution in [0.3, 0.4) is 0 Å². The molecule has 20 heavy (non-hydrogen) atoms. The molecule has 1 fully saturated rings. The van der Waals surface area contributed by atoms with Gasteiger partial charge in [0.05, 0.1) is 11.6 Å². The van der Waals surface area contributed by atoms with Crippen molar-refractivity contribution in [2.24, 2.45) is 0 Å². The van der Waals surface area contributed by atoms with E-state index in [-0.39, 0.29) is 6.04 Å². The zero-order valence-electron chi connectivity index (χ0n) is 11.6. The summed E-state index contributed by atoms with van der Waals surface area (Å²) in [7, 11) is 0. The number of nitrogens with zero attached hydrogens (tertiary/aromatic N) is 1. The average molecular weight is 340 g/mol. The van der Waals surface area contributed by atoms with Gasteiger partial charge in [0.15, 0.2) is 0 Å². The van der Waals surface area contributed by atoms with Gasteiger partial charge in [0.1, 0.15) is 0 Å². The van der Waals surface area contributed by atoms with Crippen molar-refractivity contribution >= 4 is 27.6 Å². The fraction of sp³-hybridized carbons (Fsp3) is 0.467. The van der Waals surface area contributed by atoms with E-state index in [0.717, 1.165) is 17.3 Å². The molecule has 108 valence electrons. The van der Waals surface area contributed by atoms with E-state index in [4.69, 9.17) is 0 Å². The highest BCUT2D eigenvalue weighted by Gasteiger charge is 2.40. The number of benzene rings is 1. The number of hydrogen-bond donors (Lipinski definition) is 1. The van der Waals surface area contributed by atoms with E-state index in [0.29, 0.717) is 12.1 Å². The van der Waals surface area contributed by atoms with Crippen molar-refractivity contribution in [3.63, 3.8) is 0 Å². The first kappa shape index (κ1) is 15.2. The molecule has 1 aliphatic rings. The Bertz CT molecular complexity index is 519. The molecule has 2 rings (SSSR count). The predicted molar refractivity (Wildman–Crippen MR) is 79.5 cm³/mol. The molecule has 1 N–H and O–H groups in total. The number of halogens is 1. The van der Waals surface area contributed by atoms with Gasteiger partial charge >= 0.3 is 0 Å². The lowest BCUT2D eigenvalue weighted by atomic mass is 9.96. The van der Waals surface area contributed by atoms with Gasteiger partial charge < -0.3 is 10.0 Å². The van der Waals surface area contributed by atoms with Gasteiger partial charge in [-0.2, -0.15) is 0 Å². The highest BCUT2D eigenvalue weighted by molar-refractivity contribution is 9.10. The number of aliphatic hydroxyl groups is 1. The van der Waals surface area contributed by atoms with Gasteiger partial charge in [-0.1, -0.05) is 15.9 Å². The fourth-order valence-electron chi connectivity index (χ4n) is 2.60. The summed E-state index contributed by atoms with van der Waals surface area (Å²) in [5.41, 5.74) is -0.619. The molecule has 1 atom stereocenters. The van der Waals surface area contributed by atoms with Crippen LogP contribution >= 0.6 is 15.9 Å². The Balaban J connectivity index is 2.18. The number of ketones is 1. The van der Waals surface area contributed by atoms with Crippen LogP contribution in [0.15, 0.2) is 28.7 Å². The van der Waals surface area contributed by atoms with Gasteiger partial charge in [0.25, 0.3) is 5.91 Å². The summed E-state index contributed by atoms with van der Waals surface area (Å²) in [4.78, 5) is 26.1. The van der Waals surface area contributed by atoms with Gasteiger partial charge in [0.2, 0.25) is 5.78 Å². The van der Waals surface area contributed by atoms with E-state index in [2.05, 4.69) is 15.9 Å². The summed E-state index contributed by atoms with van der Waals surface area (Å²) < 4.78 is 0.858. The van der Waals surface area contributed by atoms with Crippen molar-refractivity contribution in [1.29, 1.82) is 0 Å². The lowest BCUT2D eigenvalue weighted by Crippen LogP contribution is -2.50. The Labute approximate surface area is 126 Å². The molecular formula is C15H18BrNO3. The van der Waals surface area contributed by atoms with E-state index in [9.17, 15) is 14.7 Å². The molecule has 0 saturated carbocycles. The third-order valence-corrected chi connectivity index (χ3v) is 4.16. The SMILES string of the molecule is CC(C)(O)C1CCCN1C(=O)C(=O)c1ccc(Br)cc1. The number of likely N-dealkylation sites (tertiary alicyclic amines) is 1. The molecule has 1 aromatic carbocycles. The third-order valence-electron chi connectivity index (χ3n) is 3.63. The largest absolute Gasteiger partial charge is 0.388 e. The molecule has 1 aromatic rings. The first-order chi connectivity index (χ1) is 9.30. The maximum absolute atomic E-state index is 12.3. The second-order valence-corrected chi connectivity index (χ2v) is 6.56. The summed E-state index contributed by atoms with van der Waals surface area (Å²) in [5, 5.41) is 10.1. The van der Waals surface area contributed by atoms with E-state index in [1.807, 2.05) is 0 Å². The van der Waals surface area contributed by atoms with Crippen LogP contribution in [-0.2, 0) is 4.79 Å². The Morgan fingerprint density at radius 1 is 1.30 bits per heavy atom. The van der Waals surface area contributed by atoms with Gasteiger partial charge in [-0.15, -0.1) is 0 Å². The quantitative estimate of drug-likeness (QED) is 0.679. The van der Waals surface area contributed by atoms with Crippen molar-refractivity contribution in [1.82, 2.24) is 4.90 Å². The number of hydrogen-bond acceptors (Lipinski definition) is 3. The van der Waals surface area contributed by atoms with Crippen LogP contribution < -0.4 is 0 Å². The standard InChI is InChI=1S/C15H18BrNO3/c1-15(2,20)12-4-3-9-17(12)14(19)13(18)10-5-7-11(16)8-6-10/h5-8,12,20H,3-4,9H2,1-2H3. The van der Waals surface area contributed by atoms with Crippen molar-refractivity contribution in [3.8, 4) is 0 Å². The van der Waals surface area contributed by atoms with Crippen molar-refractivity contribution in [3.05, 3.63) is 34.3 Å². The molecule has 5 heteroatoms. The smallest absolute Gasteiger partial charge is 0.295 e. The molecule has 1 aliphatic heterocycles. The summed E-state index contributed by atoms with van der Waals surface area (Å²) >= 11 is 3.29. The molecule has 0 bridgehead atoms. The van der Waals surface area contributed by atoms with E-state index in [1.54, 1.807) is 38.1 Å².